The number of aryl methyl sites for hydroxylation is 1. The van der Waals surface area contributed by atoms with Gasteiger partial charge in [-0.2, -0.15) is 0 Å². The number of nitrogens with zero attached hydrogens (tertiary/aromatic N) is 4. The molecule has 1 atom stereocenters. The van der Waals surface area contributed by atoms with Crippen molar-refractivity contribution in [1.82, 2.24) is 19.2 Å². The number of fused-ring (bicyclic) bond motifs is 1. The first kappa shape index (κ1) is 25.9. The molecule has 0 saturated carbocycles. The van der Waals surface area contributed by atoms with Gasteiger partial charge in [0.15, 0.2) is 5.76 Å². The molecule has 38 heavy (non-hydrogen) atoms. The molecule has 2 aliphatic rings. The molecular formula is C29H34N4O5. The number of carbonyl (C=O) groups is 2. The average Bonchev–Trinajstić information content (AvgIpc) is 3.41. The van der Waals surface area contributed by atoms with E-state index in [0.717, 1.165) is 37.4 Å². The van der Waals surface area contributed by atoms with E-state index in [2.05, 4.69) is 9.88 Å². The molecule has 5 rings (SSSR count). The summed E-state index contributed by atoms with van der Waals surface area (Å²) >= 11 is 0. The summed E-state index contributed by atoms with van der Waals surface area (Å²) in [5.74, 6) is -0.782. The Balaban J connectivity index is 1.52. The standard InChI is InChI=1S/C29H34N4O5/c1-3-17-38-22-10-8-21(9-11-22)26-24(27(34)25-20(2)30-23-7-4-5-13-32(23)25)28(35)29(36)33(26)14-6-12-31-15-18-37-19-16-31/h4-5,7-11,13,26,34H,3,6,12,14-19H2,1-2H3. The summed E-state index contributed by atoms with van der Waals surface area (Å²) in [5, 5.41) is 11.6. The fourth-order valence-electron chi connectivity index (χ4n) is 5.24. The number of morpholine rings is 1. The van der Waals surface area contributed by atoms with Crippen molar-refractivity contribution < 1.29 is 24.2 Å². The lowest BCUT2D eigenvalue weighted by Gasteiger charge is -2.29. The number of ketones is 1. The van der Waals surface area contributed by atoms with E-state index in [0.29, 0.717) is 49.8 Å². The lowest BCUT2D eigenvalue weighted by molar-refractivity contribution is -0.140. The second kappa shape index (κ2) is 11.4. The van der Waals surface area contributed by atoms with Gasteiger partial charge in [0.1, 0.15) is 17.1 Å². The van der Waals surface area contributed by atoms with Crippen molar-refractivity contribution in [2.24, 2.45) is 0 Å². The van der Waals surface area contributed by atoms with Gasteiger partial charge in [0, 0.05) is 32.4 Å². The number of benzene rings is 1. The summed E-state index contributed by atoms with van der Waals surface area (Å²) in [4.78, 5) is 35.3. The molecule has 0 bridgehead atoms. The summed E-state index contributed by atoms with van der Waals surface area (Å²) < 4.78 is 12.9. The number of aliphatic hydroxyl groups is 1. The molecule has 9 nitrogen and oxygen atoms in total. The van der Waals surface area contributed by atoms with E-state index < -0.39 is 17.7 Å². The van der Waals surface area contributed by atoms with E-state index in [1.807, 2.05) is 49.4 Å². The Morgan fingerprint density at radius 1 is 1.11 bits per heavy atom. The van der Waals surface area contributed by atoms with Gasteiger partial charge in [0.2, 0.25) is 0 Å². The molecular weight excluding hydrogens is 484 g/mol. The Morgan fingerprint density at radius 2 is 1.87 bits per heavy atom. The summed E-state index contributed by atoms with van der Waals surface area (Å²) in [6.45, 7) is 8.75. The van der Waals surface area contributed by atoms with Crippen LogP contribution in [0.4, 0.5) is 0 Å². The van der Waals surface area contributed by atoms with Crippen molar-refractivity contribution in [3.05, 3.63) is 71.2 Å². The lowest BCUT2D eigenvalue weighted by atomic mass is 9.96. The first-order valence-corrected chi connectivity index (χ1v) is 13.2. The topological polar surface area (TPSA) is 96.6 Å². The number of Topliss-reactive ketones (excluding diaryl/α,β-unsaturated/α-hetero) is 1. The minimum Gasteiger partial charge on any atom is -0.505 e. The Bertz CT molecular complexity index is 1340. The highest BCUT2D eigenvalue weighted by Gasteiger charge is 2.46. The monoisotopic (exact) mass is 518 g/mol. The maximum absolute atomic E-state index is 13.5. The molecule has 9 heteroatoms. The van der Waals surface area contributed by atoms with Crippen LogP contribution in [0.15, 0.2) is 54.2 Å². The number of ether oxygens (including phenoxy) is 2. The van der Waals surface area contributed by atoms with Crippen LogP contribution in [0.25, 0.3) is 11.4 Å². The highest BCUT2D eigenvalue weighted by Crippen LogP contribution is 2.40. The molecule has 0 radical (unpaired) electrons. The van der Waals surface area contributed by atoms with Gasteiger partial charge >= 0.3 is 0 Å². The number of hydrogen-bond donors (Lipinski definition) is 1. The smallest absolute Gasteiger partial charge is 0.295 e. The van der Waals surface area contributed by atoms with Gasteiger partial charge < -0.3 is 19.5 Å². The first-order valence-electron chi connectivity index (χ1n) is 13.2. The number of amides is 1. The molecule has 4 heterocycles. The zero-order valence-electron chi connectivity index (χ0n) is 21.9. The zero-order chi connectivity index (χ0) is 26.6. The van der Waals surface area contributed by atoms with Crippen molar-refractivity contribution >= 4 is 23.1 Å². The van der Waals surface area contributed by atoms with Crippen LogP contribution in [0.5, 0.6) is 5.75 Å². The summed E-state index contributed by atoms with van der Waals surface area (Å²) in [5.41, 5.74) is 2.47. The van der Waals surface area contributed by atoms with Crippen LogP contribution in [-0.2, 0) is 14.3 Å². The van der Waals surface area contributed by atoms with Crippen LogP contribution in [0.3, 0.4) is 0 Å². The van der Waals surface area contributed by atoms with E-state index in [-0.39, 0.29) is 11.3 Å². The van der Waals surface area contributed by atoms with Crippen molar-refractivity contribution in [2.45, 2.75) is 32.7 Å². The molecule has 2 aromatic heterocycles. The summed E-state index contributed by atoms with van der Waals surface area (Å²) in [6, 6.07) is 12.2. The van der Waals surface area contributed by atoms with Crippen molar-refractivity contribution in [1.29, 1.82) is 0 Å². The molecule has 3 aromatic rings. The number of aromatic nitrogens is 2. The number of aliphatic hydroxyl groups excluding tert-OH is 1. The zero-order valence-corrected chi connectivity index (χ0v) is 21.9. The fraction of sp³-hybridized carbons (Fsp3) is 0.414. The molecule has 1 N–H and O–H groups in total. The van der Waals surface area contributed by atoms with Gasteiger partial charge in [-0.15, -0.1) is 0 Å². The molecule has 2 aliphatic heterocycles. The van der Waals surface area contributed by atoms with Gasteiger partial charge in [0.05, 0.1) is 37.1 Å². The van der Waals surface area contributed by atoms with Crippen LogP contribution in [0.1, 0.15) is 42.8 Å². The minimum absolute atomic E-state index is 0.0809. The average molecular weight is 519 g/mol. The Morgan fingerprint density at radius 3 is 2.61 bits per heavy atom. The number of likely N-dealkylation sites (tertiary alicyclic amines) is 1. The Kier molecular flexibility index (Phi) is 7.76. The Hall–Kier alpha value is -3.69. The SMILES string of the molecule is CCCOc1ccc(C2C(=C(O)c3c(C)nc4ccccn34)C(=O)C(=O)N2CCCN2CCOCC2)cc1. The quantitative estimate of drug-likeness (QED) is 0.263. The second-order valence-electron chi connectivity index (χ2n) is 9.69. The Labute approximate surface area is 222 Å². The number of rotatable bonds is 9. The van der Waals surface area contributed by atoms with Crippen LogP contribution >= 0.6 is 0 Å². The largest absolute Gasteiger partial charge is 0.505 e. The molecule has 2 saturated heterocycles. The molecule has 0 spiro atoms. The summed E-state index contributed by atoms with van der Waals surface area (Å²) in [6.07, 6.45) is 3.39. The number of imidazole rings is 1. The van der Waals surface area contributed by atoms with Crippen molar-refractivity contribution in [3.63, 3.8) is 0 Å². The van der Waals surface area contributed by atoms with Gasteiger partial charge in [-0.25, -0.2) is 4.98 Å². The van der Waals surface area contributed by atoms with E-state index in [1.165, 1.54) is 0 Å². The van der Waals surface area contributed by atoms with E-state index in [1.54, 1.807) is 22.4 Å². The van der Waals surface area contributed by atoms with Gasteiger partial charge in [-0.1, -0.05) is 25.1 Å². The molecule has 0 aliphatic carbocycles. The number of carbonyl (C=O) groups excluding carboxylic acids is 2. The number of hydrogen-bond acceptors (Lipinski definition) is 7. The van der Waals surface area contributed by atoms with Gasteiger partial charge in [0.25, 0.3) is 11.7 Å². The molecule has 200 valence electrons. The highest BCUT2D eigenvalue weighted by atomic mass is 16.5. The first-order chi connectivity index (χ1) is 18.5. The van der Waals surface area contributed by atoms with E-state index in [4.69, 9.17) is 9.47 Å². The molecule has 1 aromatic carbocycles. The van der Waals surface area contributed by atoms with Crippen LogP contribution < -0.4 is 4.74 Å². The predicted molar refractivity (Wildman–Crippen MR) is 143 cm³/mol. The van der Waals surface area contributed by atoms with Crippen LogP contribution in [0.2, 0.25) is 0 Å². The predicted octanol–water partition coefficient (Wildman–Crippen LogP) is 3.58. The second-order valence-corrected chi connectivity index (χ2v) is 9.69. The maximum Gasteiger partial charge on any atom is 0.295 e. The van der Waals surface area contributed by atoms with Crippen LogP contribution in [0, 0.1) is 6.92 Å². The third-order valence-electron chi connectivity index (χ3n) is 7.11. The molecule has 1 unspecified atom stereocenters. The maximum atomic E-state index is 13.5. The van der Waals surface area contributed by atoms with E-state index >= 15 is 0 Å². The third kappa shape index (κ3) is 5.04. The van der Waals surface area contributed by atoms with Crippen molar-refractivity contribution in [2.75, 3.05) is 46.0 Å². The molecule has 1 amide bonds. The normalized spacial score (nSPS) is 19.9. The third-order valence-corrected chi connectivity index (χ3v) is 7.11. The fourth-order valence-corrected chi connectivity index (χ4v) is 5.24. The van der Waals surface area contributed by atoms with Gasteiger partial charge in [-0.05, 0) is 49.6 Å². The number of pyridine rings is 1. The lowest BCUT2D eigenvalue weighted by Crippen LogP contribution is -2.38. The molecule has 2 fully saturated rings. The summed E-state index contributed by atoms with van der Waals surface area (Å²) in [7, 11) is 0. The van der Waals surface area contributed by atoms with Crippen molar-refractivity contribution in [3.8, 4) is 5.75 Å². The highest BCUT2D eigenvalue weighted by molar-refractivity contribution is 6.46. The van der Waals surface area contributed by atoms with E-state index in [9.17, 15) is 14.7 Å². The minimum atomic E-state index is -0.714. The van der Waals surface area contributed by atoms with Crippen LogP contribution in [-0.4, -0.2) is 82.0 Å². The van der Waals surface area contributed by atoms with Gasteiger partial charge in [-0.3, -0.25) is 18.9 Å².